The van der Waals surface area contributed by atoms with Gasteiger partial charge in [-0.25, -0.2) is 8.78 Å². The van der Waals surface area contributed by atoms with E-state index in [2.05, 4.69) is 4.74 Å². The van der Waals surface area contributed by atoms with Crippen LogP contribution < -0.4 is 10.5 Å². The molecule has 2 N–H and O–H groups in total. The SMILES string of the molecule is COc1c(C(N)C(F)F)cccc1C(F)(F)F. The number of hydrogen-bond donors (Lipinski definition) is 1. The van der Waals surface area contributed by atoms with Crippen molar-refractivity contribution in [3.63, 3.8) is 0 Å². The van der Waals surface area contributed by atoms with E-state index in [-0.39, 0.29) is 5.56 Å². The van der Waals surface area contributed by atoms with Crippen molar-refractivity contribution < 1.29 is 26.7 Å². The Labute approximate surface area is 94.2 Å². The molecule has 0 saturated heterocycles. The number of rotatable bonds is 3. The summed E-state index contributed by atoms with van der Waals surface area (Å²) >= 11 is 0. The number of ether oxygens (including phenoxy) is 1. The molecule has 0 aliphatic carbocycles. The van der Waals surface area contributed by atoms with E-state index < -0.39 is 30.0 Å². The maximum absolute atomic E-state index is 12.6. The number of halogens is 5. The molecule has 0 radical (unpaired) electrons. The molecule has 1 atom stereocenters. The highest BCUT2D eigenvalue weighted by Gasteiger charge is 2.36. The maximum atomic E-state index is 12.6. The van der Waals surface area contributed by atoms with Crippen LogP contribution in [0.1, 0.15) is 17.2 Å². The molecule has 0 aliphatic heterocycles. The summed E-state index contributed by atoms with van der Waals surface area (Å²) in [4.78, 5) is 0. The Morgan fingerprint density at radius 3 is 2.24 bits per heavy atom. The summed E-state index contributed by atoms with van der Waals surface area (Å²) in [5.74, 6) is -0.659. The third-order valence-corrected chi connectivity index (χ3v) is 2.19. The Morgan fingerprint density at radius 1 is 1.24 bits per heavy atom. The lowest BCUT2D eigenvalue weighted by Crippen LogP contribution is -2.21. The quantitative estimate of drug-likeness (QED) is 0.843. The van der Waals surface area contributed by atoms with E-state index in [1.807, 2.05) is 0 Å². The molecular weight excluding hydrogens is 245 g/mol. The molecule has 17 heavy (non-hydrogen) atoms. The van der Waals surface area contributed by atoms with Crippen LogP contribution >= 0.6 is 0 Å². The van der Waals surface area contributed by atoms with E-state index in [0.29, 0.717) is 0 Å². The minimum absolute atomic E-state index is 0.364. The fourth-order valence-electron chi connectivity index (χ4n) is 1.40. The smallest absolute Gasteiger partial charge is 0.419 e. The van der Waals surface area contributed by atoms with Gasteiger partial charge in [-0.15, -0.1) is 0 Å². The van der Waals surface area contributed by atoms with Crippen LogP contribution in [0.2, 0.25) is 0 Å². The zero-order chi connectivity index (χ0) is 13.2. The van der Waals surface area contributed by atoms with E-state index in [1.54, 1.807) is 0 Å². The first-order valence-corrected chi connectivity index (χ1v) is 4.57. The fraction of sp³-hybridized carbons (Fsp3) is 0.400. The molecule has 0 fully saturated rings. The second-order valence-corrected chi connectivity index (χ2v) is 3.29. The standard InChI is InChI=1S/C10H10F5NO/c1-17-8-5(7(16)9(11)12)3-2-4-6(8)10(13,14)15/h2-4,7,9H,16H2,1H3. The van der Waals surface area contributed by atoms with Crippen molar-refractivity contribution in [3.8, 4) is 5.75 Å². The molecule has 0 amide bonds. The van der Waals surface area contributed by atoms with Crippen molar-refractivity contribution in [3.05, 3.63) is 29.3 Å². The van der Waals surface area contributed by atoms with Gasteiger partial charge >= 0.3 is 6.18 Å². The highest BCUT2D eigenvalue weighted by Crippen LogP contribution is 2.40. The summed E-state index contributed by atoms with van der Waals surface area (Å²) in [7, 11) is 0.978. The van der Waals surface area contributed by atoms with Crippen molar-refractivity contribution >= 4 is 0 Å². The van der Waals surface area contributed by atoms with Gasteiger partial charge in [0.05, 0.1) is 18.7 Å². The molecule has 0 spiro atoms. The monoisotopic (exact) mass is 255 g/mol. The third-order valence-electron chi connectivity index (χ3n) is 2.19. The molecule has 2 nitrogen and oxygen atoms in total. The van der Waals surface area contributed by atoms with E-state index in [0.717, 1.165) is 25.3 Å². The van der Waals surface area contributed by atoms with Crippen molar-refractivity contribution in [2.24, 2.45) is 5.73 Å². The Hall–Kier alpha value is -1.37. The largest absolute Gasteiger partial charge is 0.496 e. The van der Waals surface area contributed by atoms with Gasteiger partial charge < -0.3 is 10.5 Å². The number of nitrogens with two attached hydrogens (primary N) is 1. The van der Waals surface area contributed by atoms with Crippen LogP contribution in [0.15, 0.2) is 18.2 Å². The Bertz CT molecular complexity index is 391. The molecular formula is C10H10F5NO. The summed E-state index contributed by atoms with van der Waals surface area (Å²) < 4.78 is 67.0. The second kappa shape index (κ2) is 4.87. The van der Waals surface area contributed by atoms with Crippen LogP contribution in [0.4, 0.5) is 22.0 Å². The van der Waals surface area contributed by atoms with Gasteiger partial charge in [-0.3, -0.25) is 0 Å². The minimum atomic E-state index is -4.68. The maximum Gasteiger partial charge on any atom is 0.419 e. The van der Waals surface area contributed by atoms with E-state index in [4.69, 9.17) is 5.73 Å². The lowest BCUT2D eigenvalue weighted by atomic mass is 10.0. The number of methoxy groups -OCH3 is 1. The highest BCUT2D eigenvalue weighted by molar-refractivity contribution is 5.45. The lowest BCUT2D eigenvalue weighted by Gasteiger charge is -2.19. The molecule has 7 heteroatoms. The first kappa shape index (κ1) is 13.7. The first-order chi connectivity index (χ1) is 7.79. The minimum Gasteiger partial charge on any atom is -0.496 e. The molecule has 0 bridgehead atoms. The first-order valence-electron chi connectivity index (χ1n) is 4.57. The molecule has 1 aromatic rings. The van der Waals surface area contributed by atoms with Crippen LogP contribution in [0.5, 0.6) is 5.75 Å². The third kappa shape index (κ3) is 2.85. The van der Waals surface area contributed by atoms with Crippen LogP contribution in [0, 0.1) is 0 Å². The van der Waals surface area contributed by atoms with Crippen LogP contribution in [0.25, 0.3) is 0 Å². The van der Waals surface area contributed by atoms with Gasteiger partial charge in [0.1, 0.15) is 5.75 Å². The molecule has 1 aromatic carbocycles. The van der Waals surface area contributed by atoms with E-state index in [9.17, 15) is 22.0 Å². The average Bonchev–Trinajstić information content (AvgIpc) is 2.25. The molecule has 0 aliphatic rings. The van der Waals surface area contributed by atoms with Crippen molar-refractivity contribution in [1.82, 2.24) is 0 Å². The number of para-hydroxylation sites is 1. The molecule has 0 saturated carbocycles. The molecule has 1 unspecified atom stereocenters. The van der Waals surface area contributed by atoms with Crippen LogP contribution in [0.3, 0.4) is 0 Å². The van der Waals surface area contributed by atoms with E-state index in [1.165, 1.54) is 0 Å². The topological polar surface area (TPSA) is 35.2 Å². The fourth-order valence-corrected chi connectivity index (χ4v) is 1.40. The second-order valence-electron chi connectivity index (χ2n) is 3.29. The summed E-state index contributed by atoms with van der Waals surface area (Å²) in [5.41, 5.74) is 3.65. The number of hydrogen-bond acceptors (Lipinski definition) is 2. The lowest BCUT2D eigenvalue weighted by molar-refractivity contribution is -0.138. The molecule has 1 rings (SSSR count). The van der Waals surface area contributed by atoms with Crippen LogP contribution in [-0.2, 0) is 6.18 Å². The number of benzene rings is 1. The zero-order valence-corrected chi connectivity index (χ0v) is 8.76. The highest BCUT2D eigenvalue weighted by atomic mass is 19.4. The van der Waals surface area contributed by atoms with E-state index >= 15 is 0 Å². The van der Waals surface area contributed by atoms with Gasteiger partial charge in [-0.05, 0) is 6.07 Å². The average molecular weight is 255 g/mol. The Kier molecular flexibility index (Phi) is 3.92. The van der Waals surface area contributed by atoms with Gasteiger partial charge in [-0.1, -0.05) is 12.1 Å². The predicted octanol–water partition coefficient (Wildman–Crippen LogP) is 2.98. The van der Waals surface area contributed by atoms with Gasteiger partial charge in [0.25, 0.3) is 6.43 Å². The number of alkyl halides is 5. The molecule has 96 valence electrons. The summed E-state index contributed by atoms with van der Waals surface area (Å²) in [6.45, 7) is 0. The van der Waals surface area contributed by atoms with Gasteiger partial charge in [0, 0.05) is 5.56 Å². The van der Waals surface area contributed by atoms with Crippen molar-refractivity contribution in [2.45, 2.75) is 18.6 Å². The van der Waals surface area contributed by atoms with Gasteiger partial charge in [0.2, 0.25) is 0 Å². The molecule has 0 heterocycles. The zero-order valence-electron chi connectivity index (χ0n) is 8.76. The summed E-state index contributed by atoms with van der Waals surface area (Å²) in [6, 6.07) is 1.04. The van der Waals surface area contributed by atoms with Gasteiger partial charge in [-0.2, -0.15) is 13.2 Å². The normalized spacial score (nSPS) is 13.9. The van der Waals surface area contributed by atoms with Gasteiger partial charge in [0.15, 0.2) is 0 Å². The summed E-state index contributed by atoms with van der Waals surface area (Å²) in [5, 5.41) is 0. The molecule has 0 aromatic heterocycles. The van der Waals surface area contributed by atoms with Crippen molar-refractivity contribution in [2.75, 3.05) is 7.11 Å². The van der Waals surface area contributed by atoms with Crippen LogP contribution in [-0.4, -0.2) is 13.5 Å². The Balaban J connectivity index is 3.34. The van der Waals surface area contributed by atoms with Crippen molar-refractivity contribution in [1.29, 1.82) is 0 Å². The summed E-state index contributed by atoms with van der Waals surface area (Å²) in [6.07, 6.45) is -7.64. The Morgan fingerprint density at radius 2 is 1.82 bits per heavy atom. The predicted molar refractivity (Wildman–Crippen MR) is 50.9 cm³/mol.